The van der Waals surface area contributed by atoms with Gasteiger partial charge in [0.1, 0.15) is 12.0 Å². The minimum atomic E-state index is -0.502. The Morgan fingerprint density at radius 3 is 1.81 bits per heavy atom. The Morgan fingerprint density at radius 1 is 0.556 bits per heavy atom. The molecule has 0 radical (unpaired) electrons. The summed E-state index contributed by atoms with van der Waals surface area (Å²) in [5.41, 5.74) is 11.5. The number of rotatable bonds is 12. The Labute approximate surface area is 315 Å². The molecule has 0 spiro atoms. The van der Waals surface area contributed by atoms with Crippen LogP contribution in [0.15, 0.2) is 176 Å². The van der Waals surface area contributed by atoms with Gasteiger partial charge in [0.15, 0.2) is 11.5 Å². The first-order valence-corrected chi connectivity index (χ1v) is 17.9. The summed E-state index contributed by atoms with van der Waals surface area (Å²) in [6.45, 7) is 0. The molecule has 8 rings (SSSR count). The molecule has 1 unspecified atom stereocenters. The number of nitrogens with zero attached hydrogens (tertiary/aromatic N) is 3. The maximum atomic E-state index is 6.14. The van der Waals surface area contributed by atoms with Crippen LogP contribution in [0.2, 0.25) is 0 Å². The zero-order chi connectivity index (χ0) is 36.9. The molecule has 7 nitrogen and oxygen atoms in total. The molecule has 0 aliphatic carbocycles. The van der Waals surface area contributed by atoms with Gasteiger partial charge in [0, 0.05) is 16.5 Å². The van der Waals surface area contributed by atoms with Crippen LogP contribution in [0.1, 0.15) is 11.7 Å². The number of methoxy groups -OCH3 is 3. The molecule has 0 amide bonds. The lowest BCUT2D eigenvalue weighted by molar-refractivity contribution is 0.325. The second-order valence-corrected chi connectivity index (χ2v) is 12.7. The maximum absolute atomic E-state index is 6.14. The van der Waals surface area contributed by atoms with Gasteiger partial charge in [0.25, 0.3) is 0 Å². The Balaban J connectivity index is 1.48. The maximum Gasteiger partial charge on any atom is 0.204 e. The van der Waals surface area contributed by atoms with E-state index >= 15 is 0 Å². The topological polar surface area (TPSA) is 60.8 Å². The number of anilines is 2. The van der Waals surface area contributed by atoms with E-state index in [4.69, 9.17) is 19.2 Å². The first-order valence-electron chi connectivity index (χ1n) is 17.9. The predicted octanol–water partition coefficient (Wildman–Crippen LogP) is 11.0. The number of para-hydroxylation sites is 1. The van der Waals surface area contributed by atoms with Gasteiger partial charge in [-0.3, -0.25) is 5.01 Å². The quantitative estimate of drug-likeness (QED) is 0.128. The third-order valence-corrected chi connectivity index (χ3v) is 9.60. The smallest absolute Gasteiger partial charge is 0.204 e. The van der Waals surface area contributed by atoms with Crippen LogP contribution in [0.4, 0.5) is 11.4 Å². The number of fused-ring (bicyclic) bond motifs is 1. The number of hydrogen-bond acceptors (Lipinski definition) is 6. The molecule has 7 heteroatoms. The van der Waals surface area contributed by atoms with Crippen molar-refractivity contribution >= 4 is 22.1 Å². The first-order chi connectivity index (χ1) is 26.7. The van der Waals surface area contributed by atoms with Crippen LogP contribution in [0.3, 0.4) is 0 Å². The van der Waals surface area contributed by atoms with E-state index in [1.54, 1.807) is 21.3 Å². The van der Waals surface area contributed by atoms with Gasteiger partial charge < -0.3 is 18.8 Å². The molecular formula is C47H40N4O3. The summed E-state index contributed by atoms with van der Waals surface area (Å²) in [5, 5.41) is 4.44. The van der Waals surface area contributed by atoms with E-state index in [1.165, 1.54) is 0 Å². The van der Waals surface area contributed by atoms with Crippen LogP contribution in [0.25, 0.3) is 44.7 Å². The molecule has 0 aliphatic rings. The van der Waals surface area contributed by atoms with Gasteiger partial charge in [-0.05, 0) is 41.3 Å². The molecule has 0 aliphatic heterocycles. The van der Waals surface area contributed by atoms with E-state index in [1.807, 2.05) is 48.5 Å². The van der Waals surface area contributed by atoms with E-state index in [9.17, 15) is 0 Å². The lowest BCUT2D eigenvalue weighted by Crippen LogP contribution is -2.41. The Hall–Kier alpha value is -6.83. The van der Waals surface area contributed by atoms with Crippen molar-refractivity contribution in [2.45, 2.75) is 6.17 Å². The zero-order valence-corrected chi connectivity index (χ0v) is 30.4. The standard InChI is InChI=1S/C47H40N4O3/c1-52-41-32-31-39(44(53-2)45(41)54-3)47-48-42(34-20-8-4-9-21-34)43(35-22-10-5-11-23-35)50(47)46(36-24-12-6-13-25-36)49-51(37-27-14-7-15-28-37)40-30-18-26-33-19-16-17-29-38(33)40/h4-32,46,49H,1-3H3. The Bertz CT molecular complexity index is 2480. The third-order valence-electron chi connectivity index (χ3n) is 9.60. The predicted molar refractivity (Wildman–Crippen MR) is 218 cm³/mol. The lowest BCUT2D eigenvalue weighted by atomic mass is 10.0. The molecule has 266 valence electrons. The third kappa shape index (κ3) is 6.42. The molecule has 0 fully saturated rings. The van der Waals surface area contributed by atoms with Gasteiger partial charge in [0.2, 0.25) is 5.75 Å². The Kier molecular flexibility index (Phi) is 9.78. The highest BCUT2D eigenvalue weighted by Gasteiger charge is 2.32. The average molecular weight is 709 g/mol. The highest BCUT2D eigenvalue weighted by molar-refractivity contribution is 5.96. The second kappa shape index (κ2) is 15.4. The molecule has 0 saturated heterocycles. The molecule has 1 atom stereocenters. The summed E-state index contributed by atoms with van der Waals surface area (Å²) >= 11 is 0. The first kappa shape index (κ1) is 34.3. The fourth-order valence-corrected chi connectivity index (χ4v) is 7.12. The van der Waals surface area contributed by atoms with E-state index in [0.29, 0.717) is 23.1 Å². The van der Waals surface area contributed by atoms with Crippen molar-refractivity contribution < 1.29 is 14.2 Å². The van der Waals surface area contributed by atoms with Crippen molar-refractivity contribution in [3.05, 3.63) is 181 Å². The van der Waals surface area contributed by atoms with Gasteiger partial charge in [-0.1, -0.05) is 146 Å². The molecule has 54 heavy (non-hydrogen) atoms. The number of nitrogens with one attached hydrogen (secondary N) is 1. The van der Waals surface area contributed by atoms with Crippen LogP contribution in [-0.2, 0) is 0 Å². The molecule has 0 bridgehead atoms. The number of ether oxygens (including phenoxy) is 3. The Morgan fingerprint density at radius 2 is 1.15 bits per heavy atom. The summed E-state index contributed by atoms with van der Waals surface area (Å²) in [5.74, 6) is 2.24. The van der Waals surface area contributed by atoms with Gasteiger partial charge in [-0.15, -0.1) is 0 Å². The van der Waals surface area contributed by atoms with Gasteiger partial charge >= 0.3 is 0 Å². The summed E-state index contributed by atoms with van der Waals surface area (Å²) in [6.07, 6.45) is -0.502. The number of imidazole rings is 1. The number of benzene rings is 7. The summed E-state index contributed by atoms with van der Waals surface area (Å²) < 4.78 is 20.1. The monoisotopic (exact) mass is 708 g/mol. The molecule has 1 aromatic heterocycles. The number of aromatic nitrogens is 2. The van der Waals surface area contributed by atoms with Gasteiger partial charge in [-0.2, -0.15) is 0 Å². The van der Waals surface area contributed by atoms with Gasteiger partial charge in [0.05, 0.1) is 49.7 Å². The minimum absolute atomic E-state index is 0.487. The molecule has 7 aromatic carbocycles. The summed E-state index contributed by atoms with van der Waals surface area (Å²) in [6, 6.07) is 60.4. The summed E-state index contributed by atoms with van der Waals surface area (Å²) in [4.78, 5) is 5.54. The van der Waals surface area contributed by atoms with Crippen molar-refractivity contribution in [2.75, 3.05) is 26.3 Å². The van der Waals surface area contributed by atoms with E-state index in [-0.39, 0.29) is 0 Å². The van der Waals surface area contributed by atoms with Crippen molar-refractivity contribution in [3.63, 3.8) is 0 Å². The highest BCUT2D eigenvalue weighted by Crippen LogP contribution is 2.48. The summed E-state index contributed by atoms with van der Waals surface area (Å²) in [7, 11) is 4.90. The lowest BCUT2D eigenvalue weighted by Gasteiger charge is -2.34. The molecule has 0 saturated carbocycles. The fraction of sp³-hybridized carbons (Fsp3) is 0.0851. The minimum Gasteiger partial charge on any atom is -0.493 e. The van der Waals surface area contributed by atoms with Crippen LogP contribution in [-0.4, -0.2) is 30.9 Å². The van der Waals surface area contributed by atoms with Crippen molar-refractivity contribution in [3.8, 4) is 51.2 Å². The highest BCUT2D eigenvalue weighted by atomic mass is 16.5. The van der Waals surface area contributed by atoms with Crippen molar-refractivity contribution in [1.29, 1.82) is 0 Å². The molecule has 1 N–H and O–H groups in total. The van der Waals surface area contributed by atoms with Crippen LogP contribution >= 0.6 is 0 Å². The van der Waals surface area contributed by atoms with E-state index < -0.39 is 6.17 Å². The normalized spacial score (nSPS) is 11.6. The van der Waals surface area contributed by atoms with Crippen LogP contribution < -0.4 is 24.6 Å². The number of hydrogen-bond donors (Lipinski definition) is 1. The number of hydrazine groups is 1. The zero-order valence-electron chi connectivity index (χ0n) is 30.4. The average Bonchev–Trinajstić information content (AvgIpc) is 3.64. The second-order valence-electron chi connectivity index (χ2n) is 12.7. The van der Waals surface area contributed by atoms with Crippen LogP contribution in [0, 0.1) is 0 Å². The SMILES string of the molecule is COc1ccc(-c2nc(-c3ccccc3)c(-c3ccccc3)n2C(NN(c2ccccc2)c2cccc3ccccc23)c2ccccc2)c(OC)c1OC. The molecule has 1 heterocycles. The fourth-order valence-electron chi connectivity index (χ4n) is 7.12. The largest absolute Gasteiger partial charge is 0.493 e. The molecule has 8 aromatic rings. The van der Waals surface area contributed by atoms with E-state index in [0.717, 1.165) is 55.8 Å². The van der Waals surface area contributed by atoms with Gasteiger partial charge in [-0.25, -0.2) is 10.4 Å². The van der Waals surface area contributed by atoms with E-state index in [2.05, 4.69) is 142 Å². The van der Waals surface area contributed by atoms with Crippen molar-refractivity contribution in [1.82, 2.24) is 15.0 Å². The molecular weight excluding hydrogens is 669 g/mol. The van der Waals surface area contributed by atoms with Crippen LogP contribution in [0.5, 0.6) is 17.2 Å². The van der Waals surface area contributed by atoms with Crippen molar-refractivity contribution in [2.24, 2.45) is 0 Å².